The van der Waals surface area contributed by atoms with Crippen molar-refractivity contribution < 1.29 is 9.53 Å². The van der Waals surface area contributed by atoms with Gasteiger partial charge in [0.05, 0.1) is 18.8 Å². The Morgan fingerprint density at radius 3 is 2.59 bits per heavy atom. The monoisotopic (exact) mass is 429 g/mol. The lowest BCUT2D eigenvalue weighted by atomic mass is 9.96. The van der Waals surface area contributed by atoms with E-state index in [0.29, 0.717) is 22.3 Å². The van der Waals surface area contributed by atoms with Gasteiger partial charge in [0.25, 0.3) is 5.91 Å². The Labute approximate surface area is 179 Å². The molecule has 150 valence electrons. The minimum absolute atomic E-state index is 0.0586. The summed E-state index contributed by atoms with van der Waals surface area (Å²) in [5.74, 6) is 0.704. The second-order valence-electron chi connectivity index (χ2n) is 7.01. The Balaban J connectivity index is 1.86. The van der Waals surface area contributed by atoms with Gasteiger partial charge in [-0.1, -0.05) is 42.6 Å². The number of halogens is 2. The van der Waals surface area contributed by atoms with Crippen molar-refractivity contribution in [2.24, 2.45) is 0 Å². The Hall–Kier alpha value is -2.50. The van der Waals surface area contributed by atoms with Gasteiger partial charge < -0.3 is 9.64 Å². The maximum Gasteiger partial charge on any atom is 0.273 e. The molecular weight excluding hydrogens is 409 g/mol. The highest BCUT2D eigenvalue weighted by Crippen LogP contribution is 2.45. The van der Waals surface area contributed by atoms with Crippen LogP contribution in [-0.2, 0) is 0 Å². The summed E-state index contributed by atoms with van der Waals surface area (Å²) >= 11 is 12.7. The minimum atomic E-state index is -0.315. The van der Waals surface area contributed by atoms with Crippen molar-refractivity contribution in [2.45, 2.75) is 25.8 Å². The van der Waals surface area contributed by atoms with Crippen molar-refractivity contribution in [2.75, 3.05) is 13.7 Å². The molecule has 1 aromatic heterocycles. The second kappa shape index (κ2) is 8.09. The summed E-state index contributed by atoms with van der Waals surface area (Å²) in [6.07, 6.45) is 1.89. The van der Waals surface area contributed by atoms with Crippen molar-refractivity contribution in [3.8, 4) is 17.0 Å². The average molecular weight is 430 g/mol. The predicted molar refractivity (Wildman–Crippen MR) is 115 cm³/mol. The first-order chi connectivity index (χ1) is 14.0. The van der Waals surface area contributed by atoms with E-state index in [4.69, 9.17) is 27.9 Å². The van der Waals surface area contributed by atoms with Crippen LogP contribution in [0.15, 0.2) is 42.5 Å². The summed E-state index contributed by atoms with van der Waals surface area (Å²) in [5, 5.41) is 8.52. The molecule has 7 heteroatoms. The number of H-pyrrole nitrogens is 1. The number of hydrogen-bond donors (Lipinski definition) is 1. The third-order valence-corrected chi connectivity index (χ3v) is 5.80. The molecule has 0 saturated carbocycles. The van der Waals surface area contributed by atoms with Crippen LogP contribution in [0.4, 0.5) is 0 Å². The molecule has 2 aromatic carbocycles. The number of benzene rings is 2. The number of hydrogen-bond acceptors (Lipinski definition) is 3. The SMILES string of the molecule is CCCCN1C(=O)c2[nH]nc(-c3ccc(OC)cc3)c2C1c1ccc(Cl)cc1Cl. The number of carbonyl (C=O) groups excluding carboxylic acids is 1. The van der Waals surface area contributed by atoms with Gasteiger partial charge in [-0.25, -0.2) is 0 Å². The third-order valence-electron chi connectivity index (χ3n) is 5.24. The highest BCUT2D eigenvalue weighted by Gasteiger charge is 2.42. The quantitative estimate of drug-likeness (QED) is 0.543. The molecule has 0 radical (unpaired) electrons. The van der Waals surface area contributed by atoms with Crippen LogP contribution in [0.2, 0.25) is 10.0 Å². The fraction of sp³-hybridized carbons (Fsp3) is 0.273. The summed E-state index contributed by atoms with van der Waals surface area (Å²) in [4.78, 5) is 15.0. The summed E-state index contributed by atoms with van der Waals surface area (Å²) in [7, 11) is 1.63. The molecule has 5 nitrogen and oxygen atoms in total. The standard InChI is InChI=1S/C22H21Cl2N3O2/c1-3-4-11-27-21(16-10-7-14(23)12-17(16)24)18-19(25-26-20(18)22(27)28)13-5-8-15(29-2)9-6-13/h5-10,12,21H,3-4,11H2,1-2H3,(H,25,26). The van der Waals surface area contributed by atoms with Gasteiger partial charge in [0.1, 0.15) is 11.4 Å². The zero-order chi connectivity index (χ0) is 20.5. The van der Waals surface area contributed by atoms with Crippen molar-refractivity contribution in [3.63, 3.8) is 0 Å². The van der Waals surface area contributed by atoms with E-state index < -0.39 is 0 Å². The molecule has 0 fully saturated rings. The highest BCUT2D eigenvalue weighted by atomic mass is 35.5. The Morgan fingerprint density at radius 1 is 1.17 bits per heavy atom. The van der Waals surface area contributed by atoms with Gasteiger partial charge in [-0.05, 0) is 48.4 Å². The van der Waals surface area contributed by atoms with Crippen molar-refractivity contribution in [3.05, 3.63) is 69.3 Å². The van der Waals surface area contributed by atoms with Gasteiger partial charge in [-0.15, -0.1) is 0 Å². The van der Waals surface area contributed by atoms with Gasteiger partial charge >= 0.3 is 0 Å². The molecule has 1 unspecified atom stereocenters. The zero-order valence-corrected chi connectivity index (χ0v) is 17.7. The molecule has 3 aromatic rings. The first-order valence-corrected chi connectivity index (χ1v) is 10.3. The fourth-order valence-corrected chi connectivity index (χ4v) is 4.28. The molecule has 2 heterocycles. The smallest absolute Gasteiger partial charge is 0.273 e. The van der Waals surface area contributed by atoms with Crippen LogP contribution >= 0.6 is 23.2 Å². The van der Waals surface area contributed by atoms with E-state index in [1.54, 1.807) is 19.2 Å². The van der Waals surface area contributed by atoms with Crippen molar-refractivity contribution >= 4 is 29.1 Å². The number of unbranched alkanes of at least 4 members (excludes halogenated alkanes) is 1. The molecule has 29 heavy (non-hydrogen) atoms. The molecule has 1 aliphatic rings. The number of ether oxygens (including phenoxy) is 1. The van der Waals surface area contributed by atoms with E-state index in [1.807, 2.05) is 35.2 Å². The van der Waals surface area contributed by atoms with E-state index in [0.717, 1.165) is 41.0 Å². The van der Waals surface area contributed by atoms with Crippen LogP contribution in [0.1, 0.15) is 47.4 Å². The fourth-order valence-electron chi connectivity index (χ4n) is 3.77. The molecule has 1 amide bonds. The average Bonchev–Trinajstić information content (AvgIpc) is 3.26. The number of carbonyl (C=O) groups is 1. The first kappa shape index (κ1) is 19.8. The van der Waals surface area contributed by atoms with Gasteiger partial charge in [-0.2, -0.15) is 5.10 Å². The Bertz CT molecular complexity index is 1050. The number of amides is 1. The predicted octanol–water partition coefficient (Wildman–Crippen LogP) is 5.74. The van der Waals surface area contributed by atoms with E-state index in [2.05, 4.69) is 17.1 Å². The van der Waals surface area contributed by atoms with E-state index >= 15 is 0 Å². The normalized spacial score (nSPS) is 15.7. The van der Waals surface area contributed by atoms with E-state index in [-0.39, 0.29) is 11.9 Å². The molecule has 0 spiro atoms. The van der Waals surface area contributed by atoms with Crippen molar-refractivity contribution in [1.82, 2.24) is 15.1 Å². The Morgan fingerprint density at radius 2 is 1.93 bits per heavy atom. The lowest BCUT2D eigenvalue weighted by molar-refractivity contribution is 0.0741. The number of methoxy groups -OCH3 is 1. The summed E-state index contributed by atoms with van der Waals surface area (Å²) in [6.45, 7) is 2.75. The van der Waals surface area contributed by atoms with Gasteiger partial charge in [-0.3, -0.25) is 9.89 Å². The van der Waals surface area contributed by atoms with Crippen LogP contribution in [0.5, 0.6) is 5.75 Å². The maximum absolute atomic E-state index is 13.2. The number of rotatable bonds is 6. The largest absolute Gasteiger partial charge is 0.497 e. The third kappa shape index (κ3) is 3.49. The topological polar surface area (TPSA) is 58.2 Å². The van der Waals surface area contributed by atoms with Crippen LogP contribution in [0, 0.1) is 0 Å². The summed E-state index contributed by atoms with van der Waals surface area (Å²) in [5.41, 5.74) is 3.86. The van der Waals surface area contributed by atoms with Crippen LogP contribution < -0.4 is 4.74 Å². The molecular formula is C22H21Cl2N3O2. The lowest BCUT2D eigenvalue weighted by Crippen LogP contribution is -2.30. The molecule has 0 bridgehead atoms. The first-order valence-electron chi connectivity index (χ1n) is 9.53. The Kier molecular flexibility index (Phi) is 5.52. The summed E-state index contributed by atoms with van der Waals surface area (Å²) in [6, 6.07) is 12.7. The molecule has 1 N–H and O–H groups in total. The zero-order valence-electron chi connectivity index (χ0n) is 16.2. The summed E-state index contributed by atoms with van der Waals surface area (Å²) < 4.78 is 5.25. The molecule has 0 saturated heterocycles. The second-order valence-corrected chi connectivity index (χ2v) is 7.85. The van der Waals surface area contributed by atoms with E-state index in [1.165, 1.54) is 0 Å². The highest BCUT2D eigenvalue weighted by molar-refractivity contribution is 6.35. The lowest BCUT2D eigenvalue weighted by Gasteiger charge is -2.27. The number of nitrogens with zero attached hydrogens (tertiary/aromatic N) is 2. The number of fused-ring (bicyclic) bond motifs is 1. The number of aromatic nitrogens is 2. The molecule has 4 rings (SSSR count). The van der Waals surface area contributed by atoms with Gasteiger partial charge in [0.2, 0.25) is 0 Å². The van der Waals surface area contributed by atoms with Gasteiger partial charge in [0.15, 0.2) is 0 Å². The number of aromatic amines is 1. The maximum atomic E-state index is 13.2. The van der Waals surface area contributed by atoms with Crippen LogP contribution in [0.25, 0.3) is 11.3 Å². The molecule has 1 atom stereocenters. The van der Waals surface area contributed by atoms with Crippen LogP contribution in [-0.4, -0.2) is 34.7 Å². The van der Waals surface area contributed by atoms with Gasteiger partial charge in [0, 0.05) is 27.7 Å². The van der Waals surface area contributed by atoms with E-state index in [9.17, 15) is 4.79 Å². The molecule has 1 aliphatic heterocycles. The molecule has 0 aliphatic carbocycles. The van der Waals surface area contributed by atoms with Crippen LogP contribution in [0.3, 0.4) is 0 Å². The minimum Gasteiger partial charge on any atom is -0.497 e. The number of nitrogens with one attached hydrogen (secondary N) is 1. The van der Waals surface area contributed by atoms with Crippen molar-refractivity contribution in [1.29, 1.82) is 0 Å².